The number of aliphatic hydroxyl groups is 1. The van der Waals surface area contributed by atoms with E-state index < -0.39 is 17.7 Å². The van der Waals surface area contributed by atoms with E-state index in [9.17, 15) is 14.7 Å². The van der Waals surface area contributed by atoms with Crippen molar-refractivity contribution < 1.29 is 28.9 Å². The molecule has 5 rings (SSSR count). The summed E-state index contributed by atoms with van der Waals surface area (Å²) in [6.45, 7) is 4.35. The summed E-state index contributed by atoms with van der Waals surface area (Å²) in [7, 11) is 3.03. The van der Waals surface area contributed by atoms with Crippen LogP contribution in [0.5, 0.6) is 17.2 Å². The van der Waals surface area contributed by atoms with Crippen molar-refractivity contribution in [2.24, 2.45) is 0 Å². The van der Waals surface area contributed by atoms with E-state index in [0.29, 0.717) is 45.6 Å². The van der Waals surface area contributed by atoms with E-state index in [1.807, 2.05) is 44.2 Å². The first-order chi connectivity index (χ1) is 18.4. The Kier molecular flexibility index (Phi) is 6.77. The second-order valence-electron chi connectivity index (χ2n) is 8.71. The summed E-state index contributed by atoms with van der Waals surface area (Å²) in [5, 5.41) is 11.7. The first-order valence-electron chi connectivity index (χ1n) is 12.0. The van der Waals surface area contributed by atoms with Gasteiger partial charge in [0.25, 0.3) is 5.78 Å². The van der Waals surface area contributed by atoms with Crippen LogP contribution in [0.15, 0.2) is 66.2 Å². The molecular formula is C29H26N2O6S. The molecule has 0 radical (unpaired) electrons. The smallest absolute Gasteiger partial charge is 0.301 e. The van der Waals surface area contributed by atoms with E-state index in [1.54, 1.807) is 30.3 Å². The Morgan fingerprint density at radius 1 is 1.00 bits per heavy atom. The largest absolute Gasteiger partial charge is 0.507 e. The fraction of sp³-hybridized carbons (Fsp3) is 0.207. The van der Waals surface area contributed by atoms with Crippen molar-refractivity contribution in [3.8, 4) is 17.2 Å². The van der Waals surface area contributed by atoms with E-state index in [2.05, 4.69) is 4.98 Å². The molecular weight excluding hydrogens is 504 g/mol. The summed E-state index contributed by atoms with van der Waals surface area (Å²) < 4.78 is 17.3. The van der Waals surface area contributed by atoms with Crippen LogP contribution in [-0.4, -0.2) is 42.6 Å². The number of methoxy groups -OCH3 is 2. The van der Waals surface area contributed by atoms with Gasteiger partial charge in [0.15, 0.2) is 16.6 Å². The number of rotatable bonds is 7. The Labute approximate surface area is 223 Å². The number of carbonyl (C=O) groups is 2. The van der Waals surface area contributed by atoms with Gasteiger partial charge in [-0.25, -0.2) is 4.98 Å². The molecule has 9 heteroatoms. The molecule has 1 aromatic heterocycles. The Morgan fingerprint density at radius 2 is 1.74 bits per heavy atom. The normalized spacial score (nSPS) is 16.7. The van der Waals surface area contributed by atoms with Gasteiger partial charge in [0, 0.05) is 5.56 Å². The van der Waals surface area contributed by atoms with Crippen LogP contribution in [-0.2, 0) is 9.59 Å². The summed E-state index contributed by atoms with van der Waals surface area (Å²) in [6.07, 6.45) is 0. The third-order valence-corrected chi connectivity index (χ3v) is 7.38. The average molecular weight is 531 g/mol. The highest BCUT2D eigenvalue weighted by molar-refractivity contribution is 7.22. The number of carbonyl (C=O) groups excluding carboxylic acids is 2. The van der Waals surface area contributed by atoms with Crippen molar-refractivity contribution in [3.63, 3.8) is 0 Å². The highest BCUT2D eigenvalue weighted by Gasteiger charge is 2.48. The maximum absolute atomic E-state index is 13.5. The molecule has 0 saturated carbocycles. The minimum Gasteiger partial charge on any atom is -0.507 e. The molecule has 8 nitrogen and oxygen atoms in total. The maximum Gasteiger partial charge on any atom is 0.301 e. The van der Waals surface area contributed by atoms with Crippen molar-refractivity contribution in [3.05, 3.63) is 82.9 Å². The number of benzene rings is 3. The zero-order valence-electron chi connectivity index (χ0n) is 21.3. The van der Waals surface area contributed by atoms with E-state index >= 15 is 0 Å². The van der Waals surface area contributed by atoms with Gasteiger partial charge in [0.05, 0.1) is 42.7 Å². The number of aryl methyl sites for hydroxylation is 1. The molecule has 1 fully saturated rings. The standard InChI is InChI=1S/C29H26N2O6S/c1-5-37-19-11-12-20-23(15-19)38-29(30-20)31-25(18-10-13-21(35-3)22(14-18)36-4)24(27(33)28(31)34)26(32)17-8-6-16(2)7-9-17/h6-15,25,32H,5H2,1-4H3/b26-24+/t25-/m0/s1. The number of fused-ring (bicyclic) bond motifs is 1. The maximum atomic E-state index is 13.5. The summed E-state index contributed by atoms with van der Waals surface area (Å²) in [5.41, 5.74) is 2.63. The number of hydrogen-bond donors (Lipinski definition) is 1. The number of Topliss-reactive ketones (excluding diaryl/α,β-unsaturated/α-hetero) is 1. The molecule has 194 valence electrons. The zero-order chi connectivity index (χ0) is 27.0. The first-order valence-corrected chi connectivity index (χ1v) is 12.8. The Bertz CT molecular complexity index is 1570. The summed E-state index contributed by atoms with van der Waals surface area (Å²) in [4.78, 5) is 33.0. The van der Waals surface area contributed by atoms with Crippen molar-refractivity contribution in [1.29, 1.82) is 0 Å². The molecule has 1 saturated heterocycles. The second-order valence-corrected chi connectivity index (χ2v) is 9.72. The zero-order valence-corrected chi connectivity index (χ0v) is 22.2. The Balaban J connectivity index is 1.71. The lowest BCUT2D eigenvalue weighted by molar-refractivity contribution is -0.132. The Morgan fingerprint density at radius 3 is 2.42 bits per heavy atom. The van der Waals surface area contributed by atoms with Crippen molar-refractivity contribution in [1.82, 2.24) is 4.98 Å². The molecule has 0 bridgehead atoms. The number of aliphatic hydroxyl groups excluding tert-OH is 1. The number of ether oxygens (including phenoxy) is 3. The van der Waals surface area contributed by atoms with Gasteiger partial charge < -0.3 is 19.3 Å². The second kappa shape index (κ2) is 10.2. The fourth-order valence-corrected chi connectivity index (χ4v) is 5.51. The molecule has 1 atom stereocenters. The van der Waals surface area contributed by atoms with Gasteiger partial charge in [-0.2, -0.15) is 0 Å². The number of hydrogen-bond acceptors (Lipinski definition) is 8. The predicted molar refractivity (Wildman–Crippen MR) is 146 cm³/mol. The number of aromatic nitrogens is 1. The number of anilines is 1. The van der Waals surface area contributed by atoms with Crippen LogP contribution in [0.3, 0.4) is 0 Å². The van der Waals surface area contributed by atoms with Crippen LogP contribution in [0.25, 0.3) is 16.0 Å². The van der Waals surface area contributed by atoms with Crippen LogP contribution >= 0.6 is 11.3 Å². The van der Waals surface area contributed by atoms with E-state index in [4.69, 9.17) is 14.2 Å². The van der Waals surface area contributed by atoms with Gasteiger partial charge in [-0.15, -0.1) is 0 Å². The van der Waals surface area contributed by atoms with Gasteiger partial charge >= 0.3 is 5.91 Å². The number of amides is 1. The predicted octanol–water partition coefficient (Wildman–Crippen LogP) is 5.65. The third-order valence-electron chi connectivity index (χ3n) is 6.36. The molecule has 1 aliphatic rings. The van der Waals surface area contributed by atoms with Crippen molar-refractivity contribution in [2.45, 2.75) is 19.9 Å². The summed E-state index contributed by atoms with van der Waals surface area (Å²) in [5.74, 6) is -0.218. The highest BCUT2D eigenvalue weighted by atomic mass is 32.1. The molecule has 2 heterocycles. The summed E-state index contributed by atoms with van der Waals surface area (Å²) in [6, 6.07) is 16.8. The number of ketones is 1. The Hall–Kier alpha value is -4.37. The average Bonchev–Trinajstić information content (AvgIpc) is 3.46. The molecule has 3 aromatic carbocycles. The van der Waals surface area contributed by atoms with E-state index in [0.717, 1.165) is 10.3 Å². The summed E-state index contributed by atoms with van der Waals surface area (Å²) >= 11 is 1.27. The molecule has 38 heavy (non-hydrogen) atoms. The van der Waals surface area contributed by atoms with Gasteiger partial charge in [-0.05, 0) is 49.7 Å². The lowest BCUT2D eigenvalue weighted by atomic mass is 9.95. The van der Waals surface area contributed by atoms with Crippen LogP contribution in [0.1, 0.15) is 29.7 Å². The van der Waals surface area contributed by atoms with Gasteiger partial charge in [0.2, 0.25) is 0 Å². The van der Waals surface area contributed by atoms with E-state index in [-0.39, 0.29) is 11.3 Å². The number of thiazole rings is 1. The van der Waals surface area contributed by atoms with Crippen LogP contribution in [0, 0.1) is 6.92 Å². The minimum atomic E-state index is -0.942. The van der Waals surface area contributed by atoms with Gasteiger partial charge in [-0.1, -0.05) is 47.2 Å². The molecule has 0 unspecified atom stereocenters. The third kappa shape index (κ3) is 4.35. The topological polar surface area (TPSA) is 98.2 Å². The highest BCUT2D eigenvalue weighted by Crippen LogP contribution is 2.46. The molecule has 0 spiro atoms. The van der Waals surface area contributed by atoms with Crippen LogP contribution in [0.4, 0.5) is 5.13 Å². The number of nitrogens with zero attached hydrogens (tertiary/aromatic N) is 2. The van der Waals surface area contributed by atoms with Crippen LogP contribution < -0.4 is 19.1 Å². The lowest BCUT2D eigenvalue weighted by Crippen LogP contribution is -2.29. The SMILES string of the molecule is CCOc1ccc2nc(N3C(=O)C(=O)/C(=C(/O)c4ccc(C)cc4)[C@@H]3c3ccc(OC)c(OC)c3)sc2c1. The molecule has 1 aliphatic heterocycles. The molecule has 4 aromatic rings. The van der Waals surface area contributed by atoms with Gasteiger partial charge in [-0.3, -0.25) is 14.5 Å². The van der Waals surface area contributed by atoms with Crippen molar-refractivity contribution >= 4 is 44.1 Å². The molecule has 1 amide bonds. The molecule has 0 aliphatic carbocycles. The van der Waals surface area contributed by atoms with Gasteiger partial charge in [0.1, 0.15) is 11.5 Å². The lowest BCUT2D eigenvalue weighted by Gasteiger charge is -2.23. The fourth-order valence-electron chi connectivity index (χ4n) is 4.49. The van der Waals surface area contributed by atoms with Crippen molar-refractivity contribution in [2.75, 3.05) is 25.7 Å². The minimum absolute atomic E-state index is 0.0275. The van der Waals surface area contributed by atoms with E-state index in [1.165, 1.54) is 30.5 Å². The molecule has 1 N–H and O–H groups in total. The van der Waals surface area contributed by atoms with Crippen LogP contribution in [0.2, 0.25) is 0 Å². The first kappa shape index (κ1) is 25.3. The monoisotopic (exact) mass is 530 g/mol. The quantitative estimate of drug-likeness (QED) is 0.187.